The summed E-state index contributed by atoms with van der Waals surface area (Å²) in [6.45, 7) is 4.02. The Hall–Kier alpha value is -1.00. The summed E-state index contributed by atoms with van der Waals surface area (Å²) < 4.78 is 33.1. The molecular weight excluding hydrogens is 236 g/mol. The number of halogens is 2. The van der Waals surface area contributed by atoms with E-state index in [2.05, 4.69) is 5.32 Å². The van der Waals surface area contributed by atoms with Gasteiger partial charge in [-0.05, 0) is 31.5 Å². The maximum Gasteiger partial charge on any atom is 0.130 e. The highest BCUT2D eigenvalue weighted by Gasteiger charge is 2.30. The summed E-state index contributed by atoms with van der Waals surface area (Å²) in [5, 5.41) is 3.25. The first-order valence-electron chi connectivity index (χ1n) is 6.49. The first-order valence-corrected chi connectivity index (χ1v) is 6.49. The molecule has 1 aliphatic heterocycles. The van der Waals surface area contributed by atoms with Crippen LogP contribution in [0.3, 0.4) is 0 Å². The van der Waals surface area contributed by atoms with Crippen LogP contribution in [0.25, 0.3) is 0 Å². The monoisotopic (exact) mass is 255 g/mol. The maximum atomic E-state index is 13.9. The minimum Gasteiger partial charge on any atom is -0.381 e. The molecule has 2 unspecified atom stereocenters. The van der Waals surface area contributed by atoms with Gasteiger partial charge in [-0.15, -0.1) is 0 Å². The predicted octanol–water partition coefficient (Wildman–Crippen LogP) is 3.04. The standard InChI is InChI=1S/C14H19F2NO/c1-2-7-17-14(10-6-8-18-9-10)13-11(15)4-3-5-12(13)16/h3-5,10,14,17H,2,6-9H2,1H3. The van der Waals surface area contributed by atoms with Crippen LogP contribution in [0.4, 0.5) is 8.78 Å². The smallest absolute Gasteiger partial charge is 0.130 e. The number of hydrogen-bond donors (Lipinski definition) is 1. The maximum absolute atomic E-state index is 13.9. The van der Waals surface area contributed by atoms with E-state index in [0.717, 1.165) is 19.4 Å². The Kier molecular flexibility index (Phi) is 4.66. The van der Waals surface area contributed by atoms with Crippen molar-refractivity contribution in [2.24, 2.45) is 5.92 Å². The Morgan fingerprint density at radius 3 is 2.67 bits per heavy atom. The van der Waals surface area contributed by atoms with Gasteiger partial charge in [-0.3, -0.25) is 0 Å². The molecule has 2 nitrogen and oxygen atoms in total. The third kappa shape index (κ3) is 2.87. The highest BCUT2D eigenvalue weighted by atomic mass is 19.1. The van der Waals surface area contributed by atoms with Crippen molar-refractivity contribution in [2.45, 2.75) is 25.8 Å². The largest absolute Gasteiger partial charge is 0.381 e. The summed E-state index contributed by atoms with van der Waals surface area (Å²) in [5.74, 6) is -0.811. The van der Waals surface area contributed by atoms with Gasteiger partial charge in [0.2, 0.25) is 0 Å². The fourth-order valence-electron chi connectivity index (χ4n) is 2.43. The molecular formula is C14H19F2NO. The van der Waals surface area contributed by atoms with Gasteiger partial charge >= 0.3 is 0 Å². The second-order valence-electron chi connectivity index (χ2n) is 4.69. The molecule has 0 spiro atoms. The lowest BCUT2D eigenvalue weighted by atomic mass is 9.91. The van der Waals surface area contributed by atoms with E-state index in [4.69, 9.17) is 4.74 Å². The first kappa shape index (κ1) is 13.4. The van der Waals surface area contributed by atoms with Crippen LogP contribution in [0, 0.1) is 17.6 Å². The van der Waals surface area contributed by atoms with Gasteiger partial charge < -0.3 is 10.1 Å². The molecule has 1 saturated heterocycles. The minimum absolute atomic E-state index is 0.142. The first-order chi connectivity index (χ1) is 8.74. The summed E-state index contributed by atoms with van der Waals surface area (Å²) >= 11 is 0. The van der Waals surface area contributed by atoms with Gasteiger partial charge in [0.25, 0.3) is 0 Å². The molecule has 0 aromatic heterocycles. The number of ether oxygens (including phenoxy) is 1. The quantitative estimate of drug-likeness (QED) is 0.873. The Morgan fingerprint density at radius 2 is 2.11 bits per heavy atom. The number of nitrogens with one attached hydrogen (secondary N) is 1. The van der Waals surface area contributed by atoms with Gasteiger partial charge in [-0.2, -0.15) is 0 Å². The molecule has 1 aromatic rings. The van der Waals surface area contributed by atoms with Crippen molar-refractivity contribution < 1.29 is 13.5 Å². The second kappa shape index (κ2) is 6.25. The Labute approximate surface area is 106 Å². The van der Waals surface area contributed by atoms with Gasteiger partial charge in [-0.25, -0.2) is 8.78 Å². The lowest BCUT2D eigenvalue weighted by Gasteiger charge is -2.25. The zero-order valence-electron chi connectivity index (χ0n) is 10.6. The van der Waals surface area contributed by atoms with Crippen LogP contribution in [0.5, 0.6) is 0 Å². The highest BCUT2D eigenvalue weighted by Crippen LogP contribution is 2.31. The van der Waals surface area contributed by atoms with Crippen molar-refractivity contribution in [2.75, 3.05) is 19.8 Å². The molecule has 4 heteroatoms. The van der Waals surface area contributed by atoms with E-state index in [1.165, 1.54) is 18.2 Å². The molecule has 1 heterocycles. The average Bonchev–Trinajstić information content (AvgIpc) is 2.86. The van der Waals surface area contributed by atoms with E-state index in [-0.39, 0.29) is 17.5 Å². The van der Waals surface area contributed by atoms with Gasteiger partial charge in [0, 0.05) is 24.1 Å². The second-order valence-corrected chi connectivity index (χ2v) is 4.69. The fourth-order valence-corrected chi connectivity index (χ4v) is 2.43. The van der Waals surface area contributed by atoms with Crippen molar-refractivity contribution in [3.05, 3.63) is 35.4 Å². The van der Waals surface area contributed by atoms with E-state index in [1.807, 2.05) is 6.92 Å². The normalized spacial score (nSPS) is 21.2. The molecule has 2 rings (SSSR count). The molecule has 18 heavy (non-hydrogen) atoms. The van der Waals surface area contributed by atoms with E-state index in [1.54, 1.807) is 0 Å². The van der Waals surface area contributed by atoms with Crippen LogP contribution in [-0.4, -0.2) is 19.8 Å². The Morgan fingerprint density at radius 1 is 1.39 bits per heavy atom. The SMILES string of the molecule is CCCNC(c1c(F)cccc1F)C1CCOC1. The summed E-state index contributed by atoms with van der Waals surface area (Å²) in [6, 6.07) is 3.73. The van der Waals surface area contributed by atoms with Crippen molar-refractivity contribution in [3.8, 4) is 0 Å². The van der Waals surface area contributed by atoms with Crippen LogP contribution in [0.15, 0.2) is 18.2 Å². The molecule has 0 saturated carbocycles. The Balaban J connectivity index is 2.26. The summed E-state index contributed by atoms with van der Waals surface area (Å²) in [5.41, 5.74) is 0.154. The van der Waals surface area contributed by atoms with Crippen LogP contribution >= 0.6 is 0 Å². The fraction of sp³-hybridized carbons (Fsp3) is 0.571. The van der Waals surface area contributed by atoms with Gasteiger partial charge in [0.15, 0.2) is 0 Å². The topological polar surface area (TPSA) is 21.3 Å². The predicted molar refractivity (Wildman–Crippen MR) is 66.3 cm³/mol. The summed E-state index contributed by atoms with van der Waals surface area (Å²) in [6.07, 6.45) is 1.77. The van der Waals surface area contributed by atoms with E-state index in [0.29, 0.717) is 13.2 Å². The van der Waals surface area contributed by atoms with E-state index < -0.39 is 11.6 Å². The third-order valence-electron chi connectivity index (χ3n) is 3.36. The van der Waals surface area contributed by atoms with Gasteiger partial charge in [0.05, 0.1) is 6.61 Å². The number of rotatable bonds is 5. The number of benzene rings is 1. The van der Waals surface area contributed by atoms with Gasteiger partial charge in [-0.1, -0.05) is 13.0 Å². The Bertz CT molecular complexity index is 371. The molecule has 0 aliphatic carbocycles. The molecule has 2 atom stereocenters. The zero-order chi connectivity index (χ0) is 13.0. The molecule has 0 bridgehead atoms. The minimum atomic E-state index is -0.476. The molecule has 1 N–H and O–H groups in total. The lowest BCUT2D eigenvalue weighted by molar-refractivity contribution is 0.175. The van der Waals surface area contributed by atoms with Crippen molar-refractivity contribution in [1.29, 1.82) is 0 Å². The van der Waals surface area contributed by atoms with Crippen molar-refractivity contribution in [3.63, 3.8) is 0 Å². The van der Waals surface area contributed by atoms with Gasteiger partial charge in [0.1, 0.15) is 11.6 Å². The average molecular weight is 255 g/mol. The summed E-state index contributed by atoms with van der Waals surface area (Å²) in [7, 11) is 0. The van der Waals surface area contributed by atoms with Crippen LogP contribution in [0.2, 0.25) is 0 Å². The molecule has 100 valence electrons. The molecule has 0 radical (unpaired) electrons. The van der Waals surface area contributed by atoms with E-state index >= 15 is 0 Å². The molecule has 1 aliphatic rings. The highest BCUT2D eigenvalue weighted by molar-refractivity contribution is 5.24. The van der Waals surface area contributed by atoms with Crippen molar-refractivity contribution >= 4 is 0 Å². The lowest BCUT2D eigenvalue weighted by Crippen LogP contribution is -2.31. The van der Waals surface area contributed by atoms with E-state index in [9.17, 15) is 8.78 Å². The van der Waals surface area contributed by atoms with Crippen LogP contribution in [0.1, 0.15) is 31.4 Å². The molecule has 1 fully saturated rings. The van der Waals surface area contributed by atoms with Crippen LogP contribution < -0.4 is 5.32 Å². The summed E-state index contributed by atoms with van der Waals surface area (Å²) in [4.78, 5) is 0. The van der Waals surface area contributed by atoms with Crippen LogP contribution in [-0.2, 0) is 4.74 Å². The number of hydrogen-bond acceptors (Lipinski definition) is 2. The van der Waals surface area contributed by atoms with Crippen molar-refractivity contribution in [1.82, 2.24) is 5.32 Å². The zero-order valence-corrected chi connectivity index (χ0v) is 10.6. The molecule has 1 aromatic carbocycles. The third-order valence-corrected chi connectivity index (χ3v) is 3.36. The molecule has 0 amide bonds.